The molecular weight excluding hydrogens is 269 g/mol. The number of hydrogen-bond acceptors (Lipinski definition) is 2. The van der Waals surface area contributed by atoms with Crippen molar-refractivity contribution in [1.82, 2.24) is 5.32 Å². The Morgan fingerprint density at radius 2 is 2.05 bits per heavy atom. The topological polar surface area (TPSA) is 12.0 Å². The van der Waals surface area contributed by atoms with E-state index in [1.165, 1.54) is 12.0 Å². The smallest absolute Gasteiger partial charge is 0.123 e. The lowest BCUT2D eigenvalue weighted by Crippen LogP contribution is -2.34. The first-order chi connectivity index (χ1) is 9.56. The fourth-order valence-electron chi connectivity index (χ4n) is 2.09. The van der Waals surface area contributed by atoms with E-state index >= 15 is 0 Å². The summed E-state index contributed by atoms with van der Waals surface area (Å²) in [5, 5.41) is 4.33. The third kappa shape index (κ3) is 6.27. The van der Waals surface area contributed by atoms with E-state index < -0.39 is 0 Å². The summed E-state index contributed by atoms with van der Waals surface area (Å²) < 4.78 is 13.2. The van der Waals surface area contributed by atoms with Gasteiger partial charge in [-0.1, -0.05) is 26.8 Å². The monoisotopic (exact) mass is 297 g/mol. The Bertz CT molecular complexity index is 395. The lowest BCUT2D eigenvalue weighted by molar-refractivity contribution is 0.547. The predicted octanol–water partition coefficient (Wildman–Crippen LogP) is 4.58. The van der Waals surface area contributed by atoms with Gasteiger partial charge in [-0.3, -0.25) is 0 Å². The number of halogens is 1. The molecule has 0 aliphatic heterocycles. The van der Waals surface area contributed by atoms with Crippen LogP contribution in [0.3, 0.4) is 0 Å². The molecular formula is C17H28FNS. The third-order valence-corrected chi connectivity index (χ3v) is 5.11. The van der Waals surface area contributed by atoms with E-state index in [0.29, 0.717) is 11.3 Å². The Morgan fingerprint density at radius 1 is 1.30 bits per heavy atom. The summed E-state index contributed by atoms with van der Waals surface area (Å²) in [7, 11) is 0. The third-order valence-electron chi connectivity index (χ3n) is 3.61. The molecule has 1 N–H and O–H groups in total. The van der Waals surface area contributed by atoms with Gasteiger partial charge in [0.25, 0.3) is 0 Å². The summed E-state index contributed by atoms with van der Waals surface area (Å²) in [5.41, 5.74) is 2.31. The maximum Gasteiger partial charge on any atom is 0.123 e. The fraction of sp³-hybridized carbons (Fsp3) is 0.647. The highest BCUT2D eigenvalue weighted by Crippen LogP contribution is 2.18. The van der Waals surface area contributed by atoms with E-state index in [9.17, 15) is 4.39 Å². The molecule has 114 valence electrons. The van der Waals surface area contributed by atoms with Crippen molar-refractivity contribution < 1.29 is 4.39 Å². The van der Waals surface area contributed by atoms with E-state index in [1.807, 2.05) is 24.8 Å². The zero-order valence-corrected chi connectivity index (χ0v) is 14.0. The van der Waals surface area contributed by atoms with Crippen molar-refractivity contribution in [2.24, 2.45) is 0 Å². The molecule has 2 atom stereocenters. The lowest BCUT2D eigenvalue weighted by Gasteiger charge is -2.21. The van der Waals surface area contributed by atoms with Crippen molar-refractivity contribution in [3.05, 3.63) is 35.1 Å². The van der Waals surface area contributed by atoms with Crippen molar-refractivity contribution in [3.8, 4) is 0 Å². The molecule has 0 radical (unpaired) electrons. The maximum atomic E-state index is 13.2. The van der Waals surface area contributed by atoms with Crippen molar-refractivity contribution in [3.63, 3.8) is 0 Å². The first kappa shape index (κ1) is 17.5. The zero-order valence-electron chi connectivity index (χ0n) is 13.2. The SMILES string of the molecule is CCCNC(CSC(C)CC)Cc1ccc(F)cc1C. The predicted molar refractivity (Wildman–Crippen MR) is 89.1 cm³/mol. The maximum absolute atomic E-state index is 13.2. The van der Waals surface area contributed by atoms with Gasteiger partial charge in [0.2, 0.25) is 0 Å². The Morgan fingerprint density at radius 3 is 2.65 bits per heavy atom. The number of rotatable bonds is 9. The summed E-state index contributed by atoms with van der Waals surface area (Å²) in [6.45, 7) is 9.75. The molecule has 1 aromatic rings. The lowest BCUT2D eigenvalue weighted by atomic mass is 10.0. The first-order valence-electron chi connectivity index (χ1n) is 7.66. The highest BCUT2D eigenvalue weighted by atomic mass is 32.2. The Hall–Kier alpha value is -0.540. The molecule has 1 aromatic carbocycles. The molecule has 0 saturated heterocycles. The van der Waals surface area contributed by atoms with Crippen LogP contribution in [0.2, 0.25) is 0 Å². The minimum absolute atomic E-state index is 0.140. The van der Waals surface area contributed by atoms with E-state index in [-0.39, 0.29) is 5.82 Å². The summed E-state index contributed by atoms with van der Waals surface area (Å²) in [6.07, 6.45) is 3.34. The van der Waals surface area contributed by atoms with E-state index in [0.717, 1.165) is 30.7 Å². The van der Waals surface area contributed by atoms with Gasteiger partial charge in [-0.15, -0.1) is 0 Å². The van der Waals surface area contributed by atoms with Gasteiger partial charge in [0, 0.05) is 17.0 Å². The molecule has 0 heterocycles. The second-order valence-corrected chi connectivity index (χ2v) is 6.95. The van der Waals surface area contributed by atoms with E-state index in [4.69, 9.17) is 0 Å². The summed E-state index contributed by atoms with van der Waals surface area (Å²) in [5.74, 6) is 0.976. The van der Waals surface area contributed by atoms with Gasteiger partial charge in [0.1, 0.15) is 5.82 Å². The van der Waals surface area contributed by atoms with Crippen LogP contribution in [-0.4, -0.2) is 23.6 Å². The van der Waals surface area contributed by atoms with Crippen molar-refractivity contribution >= 4 is 11.8 Å². The fourth-order valence-corrected chi connectivity index (χ4v) is 3.12. The number of aryl methyl sites for hydroxylation is 1. The standard InChI is InChI=1S/C17H28FNS/c1-5-9-19-17(12-20-14(4)6-2)11-15-7-8-16(18)10-13(15)3/h7-8,10,14,17,19H,5-6,9,11-12H2,1-4H3. The normalized spacial score (nSPS) is 14.2. The van der Waals surface area contributed by atoms with Crippen LogP contribution in [0, 0.1) is 12.7 Å². The number of nitrogens with one attached hydrogen (secondary N) is 1. The molecule has 0 amide bonds. The largest absolute Gasteiger partial charge is 0.313 e. The highest BCUT2D eigenvalue weighted by molar-refractivity contribution is 7.99. The van der Waals surface area contributed by atoms with Gasteiger partial charge in [0.15, 0.2) is 0 Å². The van der Waals surface area contributed by atoms with Crippen LogP contribution >= 0.6 is 11.8 Å². The Labute approximate surface area is 127 Å². The second kappa shape index (κ2) is 9.41. The minimum Gasteiger partial charge on any atom is -0.313 e. The van der Waals surface area contributed by atoms with Gasteiger partial charge >= 0.3 is 0 Å². The van der Waals surface area contributed by atoms with Crippen LogP contribution < -0.4 is 5.32 Å². The van der Waals surface area contributed by atoms with Crippen LogP contribution in [0.15, 0.2) is 18.2 Å². The Balaban J connectivity index is 2.62. The molecule has 0 saturated carbocycles. The van der Waals surface area contributed by atoms with Crippen molar-refractivity contribution in [2.75, 3.05) is 12.3 Å². The highest BCUT2D eigenvalue weighted by Gasteiger charge is 2.12. The molecule has 0 fully saturated rings. The number of benzene rings is 1. The van der Waals surface area contributed by atoms with Crippen LogP contribution in [0.4, 0.5) is 4.39 Å². The van der Waals surface area contributed by atoms with E-state index in [2.05, 4.69) is 26.1 Å². The molecule has 20 heavy (non-hydrogen) atoms. The van der Waals surface area contributed by atoms with Crippen molar-refractivity contribution in [1.29, 1.82) is 0 Å². The first-order valence-corrected chi connectivity index (χ1v) is 8.71. The molecule has 2 unspecified atom stereocenters. The molecule has 3 heteroatoms. The second-order valence-electron chi connectivity index (χ2n) is 5.48. The summed E-state index contributed by atoms with van der Waals surface area (Å²) in [4.78, 5) is 0. The van der Waals surface area contributed by atoms with Gasteiger partial charge in [-0.25, -0.2) is 4.39 Å². The summed E-state index contributed by atoms with van der Waals surface area (Å²) >= 11 is 2.03. The van der Waals surface area contributed by atoms with Gasteiger partial charge in [-0.05, 0) is 56.0 Å². The molecule has 1 rings (SSSR count). The molecule has 1 nitrogen and oxygen atoms in total. The summed E-state index contributed by atoms with van der Waals surface area (Å²) in [6, 6.07) is 5.60. The van der Waals surface area contributed by atoms with Crippen LogP contribution in [0.25, 0.3) is 0 Å². The zero-order chi connectivity index (χ0) is 15.0. The molecule has 0 aliphatic carbocycles. The van der Waals surface area contributed by atoms with Gasteiger partial charge < -0.3 is 5.32 Å². The van der Waals surface area contributed by atoms with Crippen LogP contribution in [0.1, 0.15) is 44.7 Å². The quantitative estimate of drug-likeness (QED) is 0.716. The van der Waals surface area contributed by atoms with E-state index in [1.54, 1.807) is 12.1 Å². The van der Waals surface area contributed by atoms with Crippen molar-refractivity contribution in [2.45, 2.75) is 58.2 Å². The van der Waals surface area contributed by atoms with Gasteiger partial charge in [0.05, 0.1) is 0 Å². The van der Waals surface area contributed by atoms with Crippen LogP contribution in [-0.2, 0) is 6.42 Å². The average molecular weight is 297 g/mol. The number of hydrogen-bond donors (Lipinski definition) is 1. The molecule has 0 aromatic heterocycles. The minimum atomic E-state index is -0.140. The number of thioether (sulfide) groups is 1. The molecule has 0 aliphatic rings. The average Bonchev–Trinajstić information content (AvgIpc) is 2.43. The van der Waals surface area contributed by atoms with Gasteiger partial charge in [-0.2, -0.15) is 11.8 Å². The molecule has 0 bridgehead atoms. The van der Waals surface area contributed by atoms with Crippen LogP contribution in [0.5, 0.6) is 0 Å². The Kier molecular flexibility index (Phi) is 8.24. The molecule has 0 spiro atoms.